The largest absolute Gasteiger partial charge is 1.00 e. The summed E-state index contributed by atoms with van der Waals surface area (Å²) in [6, 6.07) is -1.68. The molecule has 0 spiro atoms. The van der Waals surface area contributed by atoms with E-state index in [9.17, 15) is 57.8 Å². The van der Waals surface area contributed by atoms with Crippen molar-refractivity contribution in [3.05, 3.63) is 35.3 Å². The number of hydrogen-bond donors (Lipinski definition) is 10. The Morgan fingerprint density at radius 3 is 1.19 bits per heavy atom. The standard InChI is InChI=1S/C16H26N2O5S.C15H24ClNO3.C13H20ClNO3.C9H15ClO3.C6H11NO.C3H7NO2S.I2.3Na.2H2O/c1-16(2)8-10(16)13(19)18-12(15(22)23)6-4-3-5-7-24-9-11(17)14(20)21;1-4-20-14(19)12(8-6-5-7-9-16)17-13(18)11-10-15(11,2)3;1-13(2)8-9(13)11(16)15-10(12(17)18)6-4-3-5-7-14;1-2-13-9(12)8(11)6-4-3-5-7-10;1-6(2)3-4(6)5(7)8;4-2(1-7)3(5)6;1-2;;;;;/h6,10-11H,3-5,7-9,17H2,1-2H3,(H,18,19)(H,20,21)(H,22,23);8,11H,4-7,9-10H2,1-3H3,(H,17,18);6,9H,3-5,7-8H2,1-2H3,(H,15,16)(H,17,18);2-7H2,1H3;4H,3H2,1-2H3,(H2,7,8);2,7H,1,4H2,(H,5,6);;;;;2*1H2/q;;;;;;;3*+1;;/p-3/b12-6-;12-8-;10-6-;;;;;;;;;/t10-,11+;11-;9-;;4-;2-;;;;;;/m111.10....../s1. The Bertz CT molecular complexity index is 2480. The number of carboxylic acids is 4. The molecule has 0 heterocycles. The second kappa shape index (κ2) is 61.7. The Balaban J connectivity index is -0.000000167. The minimum atomic E-state index is -1.39. The van der Waals surface area contributed by atoms with Gasteiger partial charge in [-0.1, -0.05) is 80.0 Å². The molecule has 6 atom stereocenters. The summed E-state index contributed by atoms with van der Waals surface area (Å²) in [5.41, 5.74) is 15.6. The van der Waals surface area contributed by atoms with Crippen molar-refractivity contribution in [1.29, 1.82) is 0 Å². The van der Waals surface area contributed by atoms with Crippen LogP contribution in [0.3, 0.4) is 0 Å². The van der Waals surface area contributed by atoms with Crippen molar-refractivity contribution in [2.24, 2.45) is 62.5 Å². The van der Waals surface area contributed by atoms with Crippen LogP contribution in [0.1, 0.15) is 178 Å². The van der Waals surface area contributed by atoms with E-state index in [4.69, 9.17) is 72.1 Å². The zero-order valence-electron chi connectivity index (χ0n) is 58.8. The molecular weight excluding hydrogens is 1630 g/mol. The maximum absolute atomic E-state index is 12.0. The van der Waals surface area contributed by atoms with E-state index in [0.29, 0.717) is 55.7 Å². The summed E-state index contributed by atoms with van der Waals surface area (Å²) in [5.74, 6) is -3.81. The fraction of sp³-hybridized carbons (Fsp3) is 0.726. The van der Waals surface area contributed by atoms with E-state index in [1.165, 1.54) is 17.8 Å². The average molecular weight is 1730 g/mol. The number of Topliss-reactive ketones (excluding diaryl/α,β-unsaturated/α-hetero) is 1. The number of halogens is 5. The molecule has 14 N–H and O–H groups in total. The molecular formula is C62H104Cl3I2N6Na3O19S2. The summed E-state index contributed by atoms with van der Waals surface area (Å²) < 4.78 is 9.51. The first-order valence-corrected chi connectivity index (χ1v) is 40.2. The van der Waals surface area contributed by atoms with Crippen LogP contribution in [0.15, 0.2) is 35.3 Å². The molecule has 0 bridgehead atoms. The van der Waals surface area contributed by atoms with Gasteiger partial charge in [-0.3, -0.25) is 33.6 Å². The van der Waals surface area contributed by atoms with Gasteiger partial charge in [-0.15, -0.1) is 34.8 Å². The summed E-state index contributed by atoms with van der Waals surface area (Å²) in [5, 5.41) is 44.4. The molecule has 4 amide bonds. The van der Waals surface area contributed by atoms with E-state index in [2.05, 4.69) is 84.4 Å². The second-order valence-corrected chi connectivity index (χ2v) is 27.3. The van der Waals surface area contributed by atoms with Gasteiger partial charge in [0, 0.05) is 96.5 Å². The Morgan fingerprint density at radius 2 is 0.887 bits per heavy atom. The van der Waals surface area contributed by atoms with Crippen molar-refractivity contribution >= 4 is 162 Å². The number of unbranched alkanes of at least 4 members (excludes halogenated alkanes) is 8. The van der Waals surface area contributed by atoms with Crippen molar-refractivity contribution in [2.45, 2.75) is 190 Å². The van der Waals surface area contributed by atoms with E-state index in [0.717, 1.165) is 82.8 Å². The van der Waals surface area contributed by atoms with Crippen molar-refractivity contribution in [3.8, 4) is 0 Å². The van der Waals surface area contributed by atoms with E-state index < -0.39 is 53.7 Å². The summed E-state index contributed by atoms with van der Waals surface area (Å²) in [6.45, 7) is 20.1. The third kappa shape index (κ3) is 54.7. The van der Waals surface area contributed by atoms with Crippen LogP contribution < -0.4 is 127 Å². The minimum absolute atomic E-state index is 0. The number of alkyl halides is 3. The number of amides is 4. The first-order chi connectivity index (χ1) is 42.9. The monoisotopic (exact) mass is 1730 g/mol. The average Bonchev–Trinajstić information content (AvgIpc) is 1.66. The number of thioether (sulfide) groups is 1. The van der Waals surface area contributed by atoms with Crippen molar-refractivity contribution in [2.75, 3.05) is 48.1 Å². The van der Waals surface area contributed by atoms with Gasteiger partial charge in [0.05, 0.1) is 24.9 Å². The predicted octanol–water partition coefficient (Wildman–Crippen LogP) is -0.178. The number of carbonyl (C=O) groups excluding carboxylic acids is 8. The van der Waals surface area contributed by atoms with Gasteiger partial charge in [-0.25, -0.2) is 14.4 Å². The van der Waals surface area contributed by atoms with Crippen LogP contribution in [0.25, 0.3) is 0 Å². The first kappa shape index (κ1) is 112. The first-order valence-electron chi connectivity index (χ1n) is 30.5. The quantitative estimate of drug-likeness (QED) is 0.00569. The van der Waals surface area contributed by atoms with Gasteiger partial charge in [0.1, 0.15) is 23.5 Å². The van der Waals surface area contributed by atoms with E-state index in [1.807, 2.05) is 41.5 Å². The van der Waals surface area contributed by atoms with Gasteiger partial charge >= 0.3 is 119 Å². The van der Waals surface area contributed by atoms with Crippen LogP contribution in [-0.4, -0.2) is 152 Å². The molecule has 4 aliphatic carbocycles. The molecule has 0 radical (unpaired) electrons. The number of carbonyl (C=O) groups is 11. The normalized spacial score (nSPS) is 18.2. The van der Waals surface area contributed by atoms with E-state index in [1.54, 1.807) is 26.0 Å². The van der Waals surface area contributed by atoms with Gasteiger partial charge in [0.2, 0.25) is 29.4 Å². The second-order valence-electron chi connectivity index (χ2n) is 24.7. The van der Waals surface area contributed by atoms with Crippen molar-refractivity contribution in [3.63, 3.8) is 0 Å². The topological polar surface area (TPSA) is 464 Å². The maximum atomic E-state index is 12.0. The molecule has 97 heavy (non-hydrogen) atoms. The Labute approximate surface area is 688 Å². The molecule has 0 saturated heterocycles. The number of hydrogen-bond acceptors (Lipinski definition) is 20. The number of allylic oxidation sites excluding steroid dienone is 3. The summed E-state index contributed by atoms with van der Waals surface area (Å²) >= 11 is 25.9. The number of nitrogens with one attached hydrogen (secondary N) is 3. The van der Waals surface area contributed by atoms with E-state index in [-0.39, 0.29) is 204 Å². The van der Waals surface area contributed by atoms with Crippen LogP contribution in [0.4, 0.5) is 0 Å². The van der Waals surface area contributed by atoms with Crippen LogP contribution in [0, 0.1) is 45.3 Å². The number of thiol groups is 1. The summed E-state index contributed by atoms with van der Waals surface area (Å²) in [4.78, 5) is 122. The fourth-order valence-corrected chi connectivity index (χ4v) is 9.62. The van der Waals surface area contributed by atoms with Gasteiger partial charge in [-0.05, 0) is 138 Å². The molecule has 4 aliphatic rings. The molecule has 0 aromatic heterocycles. The fourth-order valence-electron chi connectivity index (χ4n) is 7.92. The SMILES string of the molecule is CC1(C)C[C@@H]1C(=O)N/C(=C\CCCCCl)C(=O)O.CC1(C)C[C@@H]1C(=O)N/C(=C\CCCCSC[C@H](N)C(=O)O)C(=O)[O-].CC1(C)C[C@@H]1C(N)=O.CCOC(=O)/C(=C/CCCCCl)NC(=O)[C@H]1CC1(C)C.CCOC(=O)C(=O)CCCCCCl.II.N[C@@H](CS)C(=O)O.[Na+].[Na+].[Na+].[OH-].[OH-]. The molecule has 546 valence electrons. The van der Waals surface area contributed by atoms with Crippen LogP contribution in [0.5, 0.6) is 0 Å². The Morgan fingerprint density at radius 1 is 0.557 bits per heavy atom. The van der Waals surface area contributed by atoms with Crippen LogP contribution in [-0.2, 0) is 62.2 Å². The molecule has 0 unspecified atom stereocenters. The summed E-state index contributed by atoms with van der Waals surface area (Å²) in [6.07, 6.45) is 17.7. The number of esters is 2. The molecule has 4 saturated carbocycles. The third-order valence-electron chi connectivity index (χ3n) is 14.7. The van der Waals surface area contributed by atoms with Gasteiger partial charge in [0.15, 0.2) is 0 Å². The molecule has 4 rings (SSSR count). The van der Waals surface area contributed by atoms with Crippen molar-refractivity contribution < 1.29 is 182 Å². The Hall–Kier alpha value is -0.540. The maximum Gasteiger partial charge on any atom is 1.00 e. The molecule has 4 fully saturated rings. The van der Waals surface area contributed by atoms with Crippen LogP contribution >= 0.6 is 96.4 Å². The molecule has 25 nitrogen and oxygen atoms in total. The van der Waals surface area contributed by atoms with Gasteiger partial charge in [0.25, 0.3) is 0 Å². The molecule has 0 aromatic carbocycles. The number of rotatable bonds is 36. The molecule has 35 heteroatoms. The summed E-state index contributed by atoms with van der Waals surface area (Å²) in [7, 11) is 0. The third-order valence-corrected chi connectivity index (χ3v) is 17.1. The zero-order chi connectivity index (χ0) is 71.6. The molecule has 0 aromatic rings. The van der Waals surface area contributed by atoms with E-state index >= 15 is 0 Å². The van der Waals surface area contributed by atoms with Crippen LogP contribution in [0.2, 0.25) is 0 Å². The number of primary amides is 1. The zero-order valence-corrected chi connectivity index (χ0v) is 73.1. The Kier molecular flexibility index (Phi) is 71.5. The predicted molar refractivity (Wildman–Crippen MR) is 383 cm³/mol. The number of aliphatic carboxylic acids is 4. The number of carboxylic acid groups (broad SMARTS) is 4. The number of ether oxygens (including phenoxy) is 2. The smallest absolute Gasteiger partial charge is 0.870 e. The number of nitrogens with two attached hydrogens (primary N) is 3. The molecule has 0 aliphatic heterocycles. The van der Waals surface area contributed by atoms with Gasteiger partial charge < -0.3 is 78.8 Å². The number of ketones is 1. The van der Waals surface area contributed by atoms with Crippen molar-refractivity contribution in [1.82, 2.24) is 16.0 Å². The minimum Gasteiger partial charge on any atom is -0.870 e. The van der Waals surface area contributed by atoms with Gasteiger partial charge in [-0.2, -0.15) is 24.4 Å².